The van der Waals surface area contributed by atoms with Crippen molar-refractivity contribution in [3.05, 3.63) is 5.82 Å². The Morgan fingerprint density at radius 3 is 2.75 bits per heavy atom. The molecule has 1 aliphatic carbocycles. The highest BCUT2D eigenvalue weighted by molar-refractivity contribution is 5.23. The normalized spacial score (nSPS) is 16.5. The highest BCUT2D eigenvalue weighted by Gasteiger charge is 2.24. The minimum atomic E-state index is 0.852. The van der Waals surface area contributed by atoms with Gasteiger partial charge in [-0.25, -0.2) is 0 Å². The van der Waals surface area contributed by atoms with Gasteiger partial charge in [-0.2, -0.15) is 0 Å². The molecule has 0 amide bonds. The Kier molecular flexibility index (Phi) is 1.75. The van der Waals surface area contributed by atoms with Crippen LogP contribution >= 0.6 is 0 Å². The Morgan fingerprint density at radius 2 is 2.25 bits per heavy atom. The Balaban J connectivity index is 2.13. The van der Waals surface area contributed by atoms with Crippen molar-refractivity contribution in [2.75, 3.05) is 12.4 Å². The summed E-state index contributed by atoms with van der Waals surface area (Å²) < 4.78 is 2.03. The van der Waals surface area contributed by atoms with Crippen LogP contribution in [0.2, 0.25) is 0 Å². The van der Waals surface area contributed by atoms with E-state index in [2.05, 4.69) is 15.5 Å². The van der Waals surface area contributed by atoms with Gasteiger partial charge in [0.15, 0.2) is 0 Å². The molecule has 66 valence electrons. The summed E-state index contributed by atoms with van der Waals surface area (Å²) >= 11 is 0. The van der Waals surface area contributed by atoms with Gasteiger partial charge in [0.25, 0.3) is 0 Å². The molecule has 1 saturated carbocycles. The summed E-state index contributed by atoms with van der Waals surface area (Å²) in [5.74, 6) is 2.82. The standard InChI is InChI=1S/C8H14N4/c1-9-8-11-10-7(12(8)2)5-6-3-4-6/h6H,3-5H2,1-2H3,(H,9,11). The van der Waals surface area contributed by atoms with E-state index in [-0.39, 0.29) is 0 Å². The third-order valence-electron chi connectivity index (χ3n) is 2.36. The monoisotopic (exact) mass is 166 g/mol. The fourth-order valence-corrected chi connectivity index (χ4v) is 1.34. The van der Waals surface area contributed by atoms with Crippen LogP contribution in [0.25, 0.3) is 0 Å². The minimum absolute atomic E-state index is 0.852. The van der Waals surface area contributed by atoms with Gasteiger partial charge in [-0.05, 0) is 18.8 Å². The van der Waals surface area contributed by atoms with E-state index in [0.29, 0.717) is 0 Å². The van der Waals surface area contributed by atoms with Crippen LogP contribution in [0.4, 0.5) is 5.95 Å². The molecule has 0 aromatic carbocycles. The van der Waals surface area contributed by atoms with Gasteiger partial charge in [-0.3, -0.25) is 0 Å². The van der Waals surface area contributed by atoms with Crippen LogP contribution < -0.4 is 5.32 Å². The second kappa shape index (κ2) is 2.77. The quantitative estimate of drug-likeness (QED) is 0.722. The van der Waals surface area contributed by atoms with Crippen LogP contribution in [0.1, 0.15) is 18.7 Å². The molecule has 0 aliphatic heterocycles. The number of nitrogens with one attached hydrogen (secondary N) is 1. The zero-order valence-electron chi connectivity index (χ0n) is 7.54. The molecule has 1 aliphatic rings. The lowest BCUT2D eigenvalue weighted by molar-refractivity contribution is 0.717. The molecule has 1 aromatic rings. The number of hydrogen-bond acceptors (Lipinski definition) is 3. The zero-order chi connectivity index (χ0) is 8.55. The molecule has 4 nitrogen and oxygen atoms in total. The highest BCUT2D eigenvalue weighted by atomic mass is 15.3. The summed E-state index contributed by atoms with van der Waals surface area (Å²) in [6.45, 7) is 0. The number of nitrogens with zero attached hydrogens (tertiary/aromatic N) is 3. The van der Waals surface area contributed by atoms with Crippen molar-refractivity contribution in [1.82, 2.24) is 14.8 Å². The maximum Gasteiger partial charge on any atom is 0.224 e. The van der Waals surface area contributed by atoms with Gasteiger partial charge in [0, 0.05) is 20.5 Å². The predicted molar refractivity (Wildman–Crippen MR) is 47.0 cm³/mol. The SMILES string of the molecule is CNc1nnc(CC2CC2)n1C. The molecular formula is C8H14N4. The molecule has 1 N–H and O–H groups in total. The molecule has 1 heterocycles. The van der Waals surface area contributed by atoms with E-state index >= 15 is 0 Å². The lowest BCUT2D eigenvalue weighted by Crippen LogP contribution is -2.02. The average Bonchev–Trinajstić information content (AvgIpc) is 2.80. The van der Waals surface area contributed by atoms with Gasteiger partial charge >= 0.3 is 0 Å². The lowest BCUT2D eigenvalue weighted by atomic mass is 10.3. The first kappa shape index (κ1) is 7.58. The number of rotatable bonds is 3. The van der Waals surface area contributed by atoms with Gasteiger partial charge in [0.1, 0.15) is 5.82 Å². The number of aromatic nitrogens is 3. The van der Waals surface area contributed by atoms with Crippen LogP contribution in [-0.4, -0.2) is 21.8 Å². The van der Waals surface area contributed by atoms with E-state index in [0.717, 1.165) is 24.1 Å². The second-order valence-electron chi connectivity index (χ2n) is 3.40. The second-order valence-corrected chi connectivity index (χ2v) is 3.40. The summed E-state index contributed by atoms with van der Waals surface area (Å²) in [6.07, 6.45) is 3.81. The Hall–Kier alpha value is -1.06. The van der Waals surface area contributed by atoms with Gasteiger partial charge in [0.2, 0.25) is 5.95 Å². The van der Waals surface area contributed by atoms with Crippen molar-refractivity contribution in [3.8, 4) is 0 Å². The fourth-order valence-electron chi connectivity index (χ4n) is 1.34. The Labute approximate surface area is 72.0 Å². The van der Waals surface area contributed by atoms with Gasteiger partial charge in [0.05, 0.1) is 0 Å². The Bertz CT molecular complexity index is 275. The summed E-state index contributed by atoms with van der Waals surface area (Å²) in [7, 11) is 3.87. The van der Waals surface area contributed by atoms with E-state index < -0.39 is 0 Å². The molecule has 1 aromatic heterocycles. The molecule has 0 unspecified atom stereocenters. The fraction of sp³-hybridized carbons (Fsp3) is 0.750. The van der Waals surface area contributed by atoms with Crippen molar-refractivity contribution >= 4 is 5.95 Å². The summed E-state index contributed by atoms with van der Waals surface area (Å²) in [5, 5.41) is 11.1. The number of hydrogen-bond donors (Lipinski definition) is 1. The molecule has 0 saturated heterocycles. The van der Waals surface area contributed by atoms with Crippen molar-refractivity contribution in [1.29, 1.82) is 0 Å². The van der Waals surface area contributed by atoms with Gasteiger partial charge in [-0.1, -0.05) is 0 Å². The molecular weight excluding hydrogens is 152 g/mol. The molecule has 0 radical (unpaired) electrons. The Morgan fingerprint density at radius 1 is 1.50 bits per heavy atom. The molecule has 4 heteroatoms. The van der Waals surface area contributed by atoms with E-state index in [9.17, 15) is 0 Å². The van der Waals surface area contributed by atoms with Crippen LogP contribution in [0.3, 0.4) is 0 Å². The predicted octanol–water partition coefficient (Wildman–Crippen LogP) is 0.809. The third kappa shape index (κ3) is 1.29. The first-order chi connectivity index (χ1) is 5.81. The molecule has 0 bridgehead atoms. The van der Waals surface area contributed by atoms with Crippen LogP contribution in [0, 0.1) is 5.92 Å². The van der Waals surface area contributed by atoms with E-state index in [1.165, 1.54) is 12.8 Å². The van der Waals surface area contributed by atoms with Gasteiger partial charge in [-0.15, -0.1) is 10.2 Å². The third-order valence-corrected chi connectivity index (χ3v) is 2.36. The zero-order valence-corrected chi connectivity index (χ0v) is 7.54. The van der Waals surface area contributed by atoms with Crippen LogP contribution in [0.15, 0.2) is 0 Å². The smallest absolute Gasteiger partial charge is 0.224 e. The van der Waals surface area contributed by atoms with E-state index in [4.69, 9.17) is 0 Å². The van der Waals surface area contributed by atoms with Gasteiger partial charge < -0.3 is 9.88 Å². The molecule has 1 fully saturated rings. The average molecular weight is 166 g/mol. The largest absolute Gasteiger partial charge is 0.357 e. The topological polar surface area (TPSA) is 42.7 Å². The first-order valence-electron chi connectivity index (χ1n) is 4.37. The maximum absolute atomic E-state index is 4.12. The summed E-state index contributed by atoms with van der Waals surface area (Å²) in [4.78, 5) is 0. The van der Waals surface area contributed by atoms with Crippen LogP contribution in [-0.2, 0) is 13.5 Å². The van der Waals surface area contributed by atoms with Crippen molar-refractivity contribution in [2.45, 2.75) is 19.3 Å². The van der Waals surface area contributed by atoms with Crippen molar-refractivity contribution in [2.24, 2.45) is 13.0 Å². The first-order valence-corrected chi connectivity index (χ1v) is 4.37. The summed E-state index contributed by atoms with van der Waals surface area (Å²) in [5.41, 5.74) is 0. The molecule has 12 heavy (non-hydrogen) atoms. The summed E-state index contributed by atoms with van der Waals surface area (Å²) in [6, 6.07) is 0. The molecule has 0 spiro atoms. The number of anilines is 1. The minimum Gasteiger partial charge on any atom is -0.357 e. The van der Waals surface area contributed by atoms with Crippen molar-refractivity contribution < 1.29 is 0 Å². The molecule has 2 rings (SSSR count). The maximum atomic E-state index is 4.12. The van der Waals surface area contributed by atoms with Crippen LogP contribution in [0.5, 0.6) is 0 Å². The van der Waals surface area contributed by atoms with E-state index in [1.807, 2.05) is 18.7 Å². The highest BCUT2D eigenvalue weighted by Crippen LogP contribution is 2.32. The van der Waals surface area contributed by atoms with Crippen molar-refractivity contribution in [3.63, 3.8) is 0 Å². The van der Waals surface area contributed by atoms with E-state index in [1.54, 1.807) is 0 Å². The molecule has 0 atom stereocenters. The lowest BCUT2D eigenvalue weighted by Gasteiger charge is -2.00.